The second-order valence-corrected chi connectivity index (χ2v) is 7.28. The number of hydrogen-bond acceptors (Lipinski definition) is 5. The molecule has 0 unspecified atom stereocenters. The van der Waals surface area contributed by atoms with E-state index in [1.165, 1.54) is 12.1 Å². The lowest BCUT2D eigenvalue weighted by Crippen LogP contribution is -2.15. The molecule has 0 radical (unpaired) electrons. The van der Waals surface area contributed by atoms with Crippen LogP contribution in [0.25, 0.3) is 6.08 Å². The molecule has 136 valence electrons. The topological polar surface area (TPSA) is 108 Å². The van der Waals surface area contributed by atoms with Gasteiger partial charge in [-0.2, -0.15) is 0 Å². The van der Waals surface area contributed by atoms with Crippen LogP contribution in [0.15, 0.2) is 47.4 Å². The number of hydrogen-bond donors (Lipinski definition) is 2. The number of primary sulfonamides is 1. The molecule has 0 fully saturated rings. The van der Waals surface area contributed by atoms with Crippen LogP contribution in [0.4, 0.5) is 5.69 Å². The summed E-state index contributed by atoms with van der Waals surface area (Å²) in [7, 11) is -3.85. The maximum absolute atomic E-state index is 12.1. The molecule has 2 aromatic rings. The van der Waals surface area contributed by atoms with E-state index in [1.54, 1.807) is 37.3 Å². The van der Waals surface area contributed by atoms with Gasteiger partial charge in [-0.05, 0) is 48.4 Å². The minimum absolute atomic E-state index is 0.0221. The highest BCUT2D eigenvalue weighted by atomic mass is 32.2. The zero-order chi connectivity index (χ0) is 18.7. The number of carbonyl (C=O) groups is 1. The number of anilines is 1. The number of rotatable bonds is 4. The quantitative estimate of drug-likeness (QED) is 0.797. The fourth-order valence-corrected chi connectivity index (χ4v) is 3.31. The SMILES string of the molecule is Cc1ccc(NC(=O)/C=C/c2ccc3c(c2)OCCO3)cc1S(N)(=O)=O. The Kier molecular flexibility index (Phi) is 4.97. The average Bonchev–Trinajstić information content (AvgIpc) is 2.60. The van der Waals surface area contributed by atoms with Gasteiger partial charge in [-0.3, -0.25) is 4.79 Å². The maximum atomic E-state index is 12.1. The van der Waals surface area contributed by atoms with Crippen molar-refractivity contribution in [2.24, 2.45) is 5.14 Å². The highest BCUT2D eigenvalue weighted by Gasteiger charge is 2.13. The summed E-state index contributed by atoms with van der Waals surface area (Å²) in [6, 6.07) is 9.90. The number of carbonyl (C=O) groups excluding carboxylic acids is 1. The van der Waals surface area contributed by atoms with Crippen LogP contribution in [0.2, 0.25) is 0 Å². The standard InChI is InChI=1S/C18H18N2O5S/c1-12-2-5-14(11-17(12)26(19,22)23)20-18(21)7-4-13-3-6-15-16(10-13)25-9-8-24-15/h2-7,10-11H,8-9H2,1H3,(H,20,21)(H2,19,22,23)/b7-4+. The van der Waals surface area contributed by atoms with E-state index < -0.39 is 15.9 Å². The molecule has 8 heteroatoms. The molecule has 1 aliphatic rings. The molecular formula is C18H18N2O5S. The fraction of sp³-hybridized carbons (Fsp3) is 0.167. The van der Waals surface area contributed by atoms with Gasteiger partial charge < -0.3 is 14.8 Å². The summed E-state index contributed by atoms with van der Waals surface area (Å²) in [5.41, 5.74) is 1.63. The molecule has 1 heterocycles. The third-order valence-corrected chi connectivity index (χ3v) is 4.81. The predicted molar refractivity (Wildman–Crippen MR) is 97.6 cm³/mol. The summed E-state index contributed by atoms with van der Waals surface area (Å²) in [6.07, 6.45) is 2.98. The molecule has 1 amide bonds. The Bertz CT molecular complexity index is 983. The van der Waals surface area contributed by atoms with E-state index in [1.807, 2.05) is 6.07 Å². The monoisotopic (exact) mass is 374 g/mol. The van der Waals surface area contributed by atoms with Crippen LogP contribution in [0.5, 0.6) is 11.5 Å². The Morgan fingerprint density at radius 2 is 1.85 bits per heavy atom. The number of nitrogens with one attached hydrogen (secondary N) is 1. The first-order chi connectivity index (χ1) is 12.3. The number of fused-ring (bicyclic) bond motifs is 1. The smallest absolute Gasteiger partial charge is 0.248 e. The first-order valence-corrected chi connectivity index (χ1v) is 9.40. The van der Waals surface area contributed by atoms with Crippen molar-refractivity contribution in [3.8, 4) is 11.5 Å². The molecule has 7 nitrogen and oxygen atoms in total. The second-order valence-electron chi connectivity index (χ2n) is 5.75. The summed E-state index contributed by atoms with van der Waals surface area (Å²) in [5.74, 6) is 0.910. The predicted octanol–water partition coefficient (Wildman–Crippen LogP) is 2.07. The summed E-state index contributed by atoms with van der Waals surface area (Å²) in [4.78, 5) is 12.1. The Balaban J connectivity index is 1.72. The Morgan fingerprint density at radius 1 is 1.12 bits per heavy atom. The molecule has 0 aliphatic carbocycles. The van der Waals surface area contributed by atoms with E-state index in [-0.39, 0.29) is 4.90 Å². The third-order valence-electron chi connectivity index (χ3n) is 3.76. The van der Waals surface area contributed by atoms with Crippen LogP contribution in [-0.2, 0) is 14.8 Å². The molecule has 0 atom stereocenters. The number of sulfonamides is 1. The summed E-state index contributed by atoms with van der Waals surface area (Å²) < 4.78 is 34.0. The van der Waals surface area contributed by atoms with Gasteiger partial charge in [0.2, 0.25) is 15.9 Å². The summed E-state index contributed by atoms with van der Waals surface area (Å²) in [5, 5.41) is 7.78. The molecular weight excluding hydrogens is 356 g/mol. The van der Waals surface area contributed by atoms with E-state index in [4.69, 9.17) is 14.6 Å². The van der Waals surface area contributed by atoms with E-state index >= 15 is 0 Å². The van der Waals surface area contributed by atoms with Crippen LogP contribution >= 0.6 is 0 Å². The van der Waals surface area contributed by atoms with Gasteiger partial charge in [0.25, 0.3) is 0 Å². The largest absolute Gasteiger partial charge is 0.486 e. The van der Waals surface area contributed by atoms with Crippen LogP contribution in [0.3, 0.4) is 0 Å². The first kappa shape index (κ1) is 18.0. The van der Waals surface area contributed by atoms with Crippen LogP contribution < -0.4 is 19.9 Å². The molecule has 0 saturated carbocycles. The van der Waals surface area contributed by atoms with Gasteiger partial charge in [-0.25, -0.2) is 13.6 Å². The van der Waals surface area contributed by atoms with Gasteiger partial charge in [-0.15, -0.1) is 0 Å². The zero-order valence-corrected chi connectivity index (χ0v) is 14.9. The van der Waals surface area contributed by atoms with Gasteiger partial charge in [-0.1, -0.05) is 12.1 Å². The molecule has 1 aliphatic heterocycles. The average molecular weight is 374 g/mol. The zero-order valence-electron chi connectivity index (χ0n) is 14.1. The number of nitrogens with two attached hydrogens (primary N) is 1. The van der Waals surface area contributed by atoms with Gasteiger partial charge >= 0.3 is 0 Å². The van der Waals surface area contributed by atoms with E-state index in [2.05, 4.69) is 5.32 Å². The number of benzene rings is 2. The van der Waals surface area contributed by atoms with Crippen molar-refractivity contribution in [1.29, 1.82) is 0 Å². The molecule has 3 N–H and O–H groups in total. The van der Waals surface area contributed by atoms with Crippen molar-refractivity contribution in [2.45, 2.75) is 11.8 Å². The van der Waals surface area contributed by atoms with Gasteiger partial charge in [0.05, 0.1) is 4.90 Å². The van der Waals surface area contributed by atoms with Crippen molar-refractivity contribution in [1.82, 2.24) is 0 Å². The van der Waals surface area contributed by atoms with E-state index in [0.29, 0.717) is 36.0 Å². The highest BCUT2D eigenvalue weighted by Crippen LogP contribution is 2.31. The number of ether oxygens (including phenoxy) is 2. The van der Waals surface area contributed by atoms with Gasteiger partial charge in [0.1, 0.15) is 13.2 Å². The molecule has 26 heavy (non-hydrogen) atoms. The van der Waals surface area contributed by atoms with Crippen LogP contribution in [0, 0.1) is 6.92 Å². The first-order valence-electron chi connectivity index (χ1n) is 7.85. The van der Waals surface area contributed by atoms with Crippen molar-refractivity contribution in [3.05, 3.63) is 53.6 Å². The van der Waals surface area contributed by atoms with Crippen molar-refractivity contribution in [3.63, 3.8) is 0 Å². The van der Waals surface area contributed by atoms with E-state index in [0.717, 1.165) is 5.56 Å². The van der Waals surface area contributed by atoms with Gasteiger partial charge in [0.15, 0.2) is 11.5 Å². The van der Waals surface area contributed by atoms with Crippen molar-refractivity contribution < 1.29 is 22.7 Å². The van der Waals surface area contributed by atoms with Crippen molar-refractivity contribution in [2.75, 3.05) is 18.5 Å². The van der Waals surface area contributed by atoms with Gasteiger partial charge in [0, 0.05) is 11.8 Å². The number of amides is 1. The Labute approximate surface area is 151 Å². The minimum atomic E-state index is -3.85. The molecule has 0 aromatic heterocycles. The molecule has 0 saturated heterocycles. The van der Waals surface area contributed by atoms with Crippen molar-refractivity contribution >= 4 is 27.7 Å². The third kappa shape index (κ3) is 4.22. The molecule has 3 rings (SSSR count). The normalized spacial score (nSPS) is 13.6. The fourth-order valence-electron chi connectivity index (χ4n) is 2.50. The minimum Gasteiger partial charge on any atom is -0.486 e. The lowest BCUT2D eigenvalue weighted by molar-refractivity contribution is -0.111. The lowest BCUT2D eigenvalue weighted by Gasteiger charge is -2.18. The molecule has 0 spiro atoms. The number of aryl methyl sites for hydroxylation is 1. The summed E-state index contributed by atoms with van der Waals surface area (Å²) >= 11 is 0. The lowest BCUT2D eigenvalue weighted by atomic mass is 10.1. The highest BCUT2D eigenvalue weighted by molar-refractivity contribution is 7.89. The van der Waals surface area contributed by atoms with Crippen LogP contribution in [-0.4, -0.2) is 27.5 Å². The maximum Gasteiger partial charge on any atom is 0.248 e. The van der Waals surface area contributed by atoms with Crippen LogP contribution in [0.1, 0.15) is 11.1 Å². The van der Waals surface area contributed by atoms with E-state index in [9.17, 15) is 13.2 Å². The molecule has 2 aromatic carbocycles. The second kappa shape index (κ2) is 7.19. The summed E-state index contributed by atoms with van der Waals surface area (Å²) in [6.45, 7) is 2.63. The Morgan fingerprint density at radius 3 is 2.58 bits per heavy atom. The molecule has 0 bridgehead atoms. The Hall–Kier alpha value is -2.84.